The Labute approximate surface area is 126 Å². The number of nitro benzene ring substituents is 1. The molecule has 2 rings (SSSR count). The van der Waals surface area contributed by atoms with Gasteiger partial charge in [0.05, 0.1) is 4.92 Å². The summed E-state index contributed by atoms with van der Waals surface area (Å²) >= 11 is 3.47. The fraction of sp³-hybridized carbons (Fsp3) is 0.200. The minimum absolute atomic E-state index is 0.129. The summed E-state index contributed by atoms with van der Waals surface area (Å²) in [5.74, 6) is 0. The molecule has 2 aromatic rings. The number of nitrogens with zero attached hydrogens (tertiary/aromatic N) is 1. The third-order valence-electron chi connectivity index (χ3n) is 2.93. The minimum atomic E-state index is -0.383. The SMILES string of the molecule is Cc1cc(Br)cc(NCCc2ccc([N+](=O)[O-])cc2)c1. The zero-order chi connectivity index (χ0) is 14.5. The Morgan fingerprint density at radius 2 is 1.90 bits per heavy atom. The normalized spacial score (nSPS) is 10.3. The number of nitro groups is 1. The van der Waals surface area contributed by atoms with E-state index in [1.54, 1.807) is 24.3 Å². The zero-order valence-electron chi connectivity index (χ0n) is 11.1. The molecule has 20 heavy (non-hydrogen) atoms. The van der Waals surface area contributed by atoms with Crippen molar-refractivity contribution >= 4 is 27.3 Å². The van der Waals surface area contributed by atoms with E-state index < -0.39 is 0 Å². The highest BCUT2D eigenvalue weighted by molar-refractivity contribution is 9.10. The molecule has 104 valence electrons. The van der Waals surface area contributed by atoms with E-state index in [9.17, 15) is 10.1 Å². The molecule has 1 N–H and O–H groups in total. The van der Waals surface area contributed by atoms with Crippen LogP contribution in [0.15, 0.2) is 46.9 Å². The Morgan fingerprint density at radius 3 is 2.50 bits per heavy atom. The first-order chi connectivity index (χ1) is 9.54. The van der Waals surface area contributed by atoms with Crippen LogP contribution in [0.5, 0.6) is 0 Å². The lowest BCUT2D eigenvalue weighted by Crippen LogP contribution is -2.05. The summed E-state index contributed by atoms with van der Waals surface area (Å²) < 4.78 is 1.05. The predicted molar refractivity (Wildman–Crippen MR) is 84.2 cm³/mol. The molecule has 0 aromatic heterocycles. The Balaban J connectivity index is 1.90. The standard InChI is InChI=1S/C15H15BrN2O2/c1-11-8-13(16)10-14(9-11)17-7-6-12-2-4-15(5-3-12)18(19)20/h2-5,8-10,17H,6-7H2,1H3. The van der Waals surface area contributed by atoms with Gasteiger partial charge in [-0.3, -0.25) is 10.1 Å². The number of halogens is 1. The van der Waals surface area contributed by atoms with Gasteiger partial charge in [0, 0.05) is 28.8 Å². The van der Waals surface area contributed by atoms with E-state index in [2.05, 4.69) is 33.4 Å². The highest BCUT2D eigenvalue weighted by atomic mass is 79.9. The van der Waals surface area contributed by atoms with Crippen molar-refractivity contribution in [3.05, 3.63) is 68.2 Å². The van der Waals surface area contributed by atoms with Crippen molar-refractivity contribution in [3.63, 3.8) is 0 Å². The Kier molecular flexibility index (Phi) is 4.74. The molecule has 0 bridgehead atoms. The monoisotopic (exact) mass is 334 g/mol. The lowest BCUT2D eigenvalue weighted by molar-refractivity contribution is -0.384. The lowest BCUT2D eigenvalue weighted by atomic mass is 10.1. The van der Waals surface area contributed by atoms with Crippen LogP contribution in [0.3, 0.4) is 0 Å². The first-order valence-electron chi connectivity index (χ1n) is 6.29. The van der Waals surface area contributed by atoms with Gasteiger partial charge in [0.15, 0.2) is 0 Å². The van der Waals surface area contributed by atoms with Crippen LogP contribution in [0, 0.1) is 17.0 Å². The summed E-state index contributed by atoms with van der Waals surface area (Å²) in [4.78, 5) is 10.2. The minimum Gasteiger partial charge on any atom is -0.385 e. The number of anilines is 1. The van der Waals surface area contributed by atoms with Gasteiger partial charge in [-0.05, 0) is 42.7 Å². The number of non-ortho nitro benzene ring substituents is 1. The third kappa shape index (κ3) is 4.06. The van der Waals surface area contributed by atoms with E-state index in [1.807, 2.05) is 13.0 Å². The van der Waals surface area contributed by atoms with Crippen molar-refractivity contribution in [1.29, 1.82) is 0 Å². The second-order valence-corrected chi connectivity index (χ2v) is 5.53. The van der Waals surface area contributed by atoms with Crippen molar-refractivity contribution in [3.8, 4) is 0 Å². The zero-order valence-corrected chi connectivity index (χ0v) is 12.7. The number of nitrogens with one attached hydrogen (secondary N) is 1. The highest BCUT2D eigenvalue weighted by Gasteiger charge is 2.03. The summed E-state index contributed by atoms with van der Waals surface area (Å²) in [6.07, 6.45) is 0.823. The van der Waals surface area contributed by atoms with E-state index in [0.717, 1.165) is 28.7 Å². The number of rotatable bonds is 5. The van der Waals surface area contributed by atoms with Gasteiger partial charge >= 0.3 is 0 Å². The fourth-order valence-corrected chi connectivity index (χ4v) is 2.58. The van der Waals surface area contributed by atoms with Crippen LogP contribution >= 0.6 is 15.9 Å². The first-order valence-corrected chi connectivity index (χ1v) is 7.08. The molecule has 2 aromatic carbocycles. The smallest absolute Gasteiger partial charge is 0.269 e. The average molecular weight is 335 g/mol. The quantitative estimate of drug-likeness (QED) is 0.654. The molecule has 0 aliphatic carbocycles. The molecule has 0 unspecified atom stereocenters. The average Bonchev–Trinajstić information content (AvgIpc) is 2.38. The molecule has 0 saturated carbocycles. The van der Waals surface area contributed by atoms with Gasteiger partial charge in [-0.1, -0.05) is 28.1 Å². The topological polar surface area (TPSA) is 55.2 Å². The number of aryl methyl sites for hydroxylation is 1. The molecule has 0 amide bonds. The Morgan fingerprint density at radius 1 is 1.20 bits per heavy atom. The van der Waals surface area contributed by atoms with E-state index in [-0.39, 0.29) is 10.6 Å². The van der Waals surface area contributed by atoms with Crippen LogP contribution in [0.25, 0.3) is 0 Å². The molecule has 4 nitrogen and oxygen atoms in total. The lowest BCUT2D eigenvalue weighted by Gasteiger charge is -2.08. The Hall–Kier alpha value is -1.88. The first kappa shape index (κ1) is 14.5. The fourth-order valence-electron chi connectivity index (χ4n) is 1.97. The van der Waals surface area contributed by atoms with Crippen molar-refractivity contribution in [2.24, 2.45) is 0 Å². The maximum atomic E-state index is 10.6. The van der Waals surface area contributed by atoms with Crippen LogP contribution in [-0.2, 0) is 6.42 Å². The molecule has 0 spiro atoms. The summed E-state index contributed by atoms with van der Waals surface area (Å²) in [6, 6.07) is 12.8. The molecule has 0 saturated heterocycles. The molecule has 0 aliphatic rings. The summed E-state index contributed by atoms with van der Waals surface area (Å²) in [5.41, 5.74) is 3.47. The highest BCUT2D eigenvalue weighted by Crippen LogP contribution is 2.19. The molecule has 0 fully saturated rings. The second kappa shape index (κ2) is 6.52. The predicted octanol–water partition coefficient (Wildman–Crippen LogP) is 4.32. The van der Waals surface area contributed by atoms with Gasteiger partial charge in [-0.25, -0.2) is 0 Å². The second-order valence-electron chi connectivity index (χ2n) is 4.62. The summed E-state index contributed by atoms with van der Waals surface area (Å²) in [5, 5.41) is 13.9. The van der Waals surface area contributed by atoms with Crippen LogP contribution in [-0.4, -0.2) is 11.5 Å². The maximum Gasteiger partial charge on any atom is 0.269 e. The molecule has 0 radical (unpaired) electrons. The molecule has 0 heterocycles. The van der Waals surface area contributed by atoms with Crippen LogP contribution in [0.4, 0.5) is 11.4 Å². The van der Waals surface area contributed by atoms with Gasteiger partial charge in [0.25, 0.3) is 5.69 Å². The van der Waals surface area contributed by atoms with Crippen molar-refractivity contribution in [2.45, 2.75) is 13.3 Å². The van der Waals surface area contributed by atoms with Crippen LogP contribution in [0.1, 0.15) is 11.1 Å². The van der Waals surface area contributed by atoms with Gasteiger partial charge in [-0.15, -0.1) is 0 Å². The van der Waals surface area contributed by atoms with Gasteiger partial charge in [0.1, 0.15) is 0 Å². The van der Waals surface area contributed by atoms with Gasteiger partial charge in [-0.2, -0.15) is 0 Å². The van der Waals surface area contributed by atoms with Gasteiger partial charge in [0.2, 0.25) is 0 Å². The van der Waals surface area contributed by atoms with Crippen molar-refractivity contribution in [2.75, 3.05) is 11.9 Å². The van der Waals surface area contributed by atoms with Gasteiger partial charge < -0.3 is 5.32 Å². The molecule has 5 heteroatoms. The van der Waals surface area contributed by atoms with Crippen molar-refractivity contribution < 1.29 is 4.92 Å². The van der Waals surface area contributed by atoms with Crippen molar-refractivity contribution in [1.82, 2.24) is 0 Å². The Bertz CT molecular complexity index is 592. The summed E-state index contributed by atoms with van der Waals surface area (Å²) in [6.45, 7) is 2.83. The largest absolute Gasteiger partial charge is 0.385 e. The van der Waals surface area contributed by atoms with E-state index in [1.165, 1.54) is 5.56 Å². The number of benzene rings is 2. The molecule has 0 atom stereocenters. The van der Waals surface area contributed by atoms with Crippen LogP contribution in [0.2, 0.25) is 0 Å². The molecule has 0 aliphatic heterocycles. The van der Waals surface area contributed by atoms with Crippen LogP contribution < -0.4 is 5.32 Å². The van der Waals surface area contributed by atoms with E-state index in [0.29, 0.717) is 0 Å². The molecular formula is C15H15BrN2O2. The summed E-state index contributed by atoms with van der Waals surface area (Å²) in [7, 11) is 0. The number of hydrogen-bond acceptors (Lipinski definition) is 3. The van der Waals surface area contributed by atoms with E-state index in [4.69, 9.17) is 0 Å². The third-order valence-corrected chi connectivity index (χ3v) is 3.39. The van der Waals surface area contributed by atoms with E-state index >= 15 is 0 Å². The maximum absolute atomic E-state index is 10.6. The molecular weight excluding hydrogens is 320 g/mol. The number of hydrogen-bond donors (Lipinski definition) is 1.